The van der Waals surface area contributed by atoms with Crippen LogP contribution in [-0.4, -0.2) is 12.6 Å². The fourth-order valence-electron chi connectivity index (χ4n) is 2.20. The fraction of sp³-hybridized carbons (Fsp3) is 0.316. The number of benzene rings is 2. The van der Waals surface area contributed by atoms with Crippen molar-refractivity contribution in [3.8, 4) is 0 Å². The van der Waals surface area contributed by atoms with E-state index in [-0.39, 0.29) is 18.4 Å². The molecule has 126 valence electrons. The maximum atomic E-state index is 10.4. The third-order valence-corrected chi connectivity index (χ3v) is 3.53. The van der Waals surface area contributed by atoms with E-state index in [0.717, 1.165) is 0 Å². The van der Waals surface area contributed by atoms with Gasteiger partial charge in [-0.05, 0) is 55.2 Å². The first-order valence-electron chi connectivity index (χ1n) is 7.42. The van der Waals surface area contributed by atoms with E-state index in [1.54, 1.807) is 13.8 Å². The van der Waals surface area contributed by atoms with Gasteiger partial charge in [-0.1, -0.05) is 36.9 Å². The van der Waals surface area contributed by atoms with E-state index in [1.807, 2.05) is 0 Å². The summed E-state index contributed by atoms with van der Waals surface area (Å²) in [6.45, 7) is 12.1. The lowest BCUT2D eigenvalue weighted by molar-refractivity contribution is -0.138. The number of carbonyl (C=O) groups is 1. The molecule has 0 atom stereocenters. The molecule has 2 aromatic carbocycles. The van der Waals surface area contributed by atoms with Gasteiger partial charge < -0.3 is 10.5 Å². The fourth-order valence-corrected chi connectivity index (χ4v) is 2.20. The zero-order valence-corrected chi connectivity index (χ0v) is 15.1. The van der Waals surface area contributed by atoms with Crippen molar-refractivity contribution in [3.63, 3.8) is 0 Å². The van der Waals surface area contributed by atoms with Gasteiger partial charge in [-0.15, -0.1) is 12.4 Å². The van der Waals surface area contributed by atoms with Gasteiger partial charge >= 0.3 is 5.97 Å². The predicted octanol–water partition coefficient (Wildman–Crippen LogP) is 4.46. The number of aryl methyl sites for hydroxylation is 1. The number of hydrogen-bond acceptors (Lipinski definition) is 3. The average molecular weight is 336 g/mol. The molecular formula is C19H26ClNO2. The van der Waals surface area contributed by atoms with Crippen molar-refractivity contribution >= 4 is 29.1 Å². The lowest BCUT2D eigenvalue weighted by Crippen LogP contribution is -2.03. The Morgan fingerprint density at radius 3 is 2.35 bits per heavy atom. The van der Waals surface area contributed by atoms with E-state index in [9.17, 15) is 4.79 Å². The quantitative estimate of drug-likeness (QED) is 0.665. The number of halogens is 1. The van der Waals surface area contributed by atoms with Crippen LogP contribution in [0.3, 0.4) is 0 Å². The Morgan fingerprint density at radius 2 is 1.87 bits per heavy atom. The molecular weight excluding hydrogens is 310 g/mol. The van der Waals surface area contributed by atoms with E-state index >= 15 is 0 Å². The molecule has 0 radical (unpaired) electrons. The molecule has 4 heteroatoms. The van der Waals surface area contributed by atoms with Crippen LogP contribution in [0.15, 0.2) is 42.5 Å². The molecule has 0 saturated heterocycles. The third kappa shape index (κ3) is 5.70. The van der Waals surface area contributed by atoms with Crippen LogP contribution in [0.2, 0.25) is 0 Å². The predicted molar refractivity (Wildman–Crippen MR) is 100 cm³/mol. The number of carbonyl (C=O) groups excluding carboxylic acids is 1. The Bertz CT molecular complexity index is 680. The van der Waals surface area contributed by atoms with Crippen molar-refractivity contribution in [2.75, 3.05) is 6.61 Å². The zero-order valence-electron chi connectivity index (χ0n) is 14.3. The van der Waals surface area contributed by atoms with Gasteiger partial charge in [-0.2, -0.15) is 0 Å². The highest BCUT2D eigenvalue weighted by molar-refractivity contribution is 5.88. The standard InChI is InChI=1S/C13H15N.C6H10O2.ClH/c1-9-7-11-5-3-4-6-12(11)13(8-14)10(9)2;1-4-8-6(7)5(2)3;/h3-7H,8,14H2,1-2H3;2,4H2,1,3H3;1H. The summed E-state index contributed by atoms with van der Waals surface area (Å²) in [5.41, 5.74) is 10.2. The summed E-state index contributed by atoms with van der Waals surface area (Å²) >= 11 is 0. The topological polar surface area (TPSA) is 52.3 Å². The van der Waals surface area contributed by atoms with Gasteiger partial charge in [0.15, 0.2) is 0 Å². The van der Waals surface area contributed by atoms with E-state index in [2.05, 4.69) is 55.5 Å². The molecule has 0 aliphatic carbocycles. The average Bonchev–Trinajstić information content (AvgIpc) is 2.49. The van der Waals surface area contributed by atoms with Crippen LogP contribution in [0, 0.1) is 13.8 Å². The molecule has 0 aromatic heterocycles. The molecule has 2 rings (SSSR count). The van der Waals surface area contributed by atoms with Gasteiger partial charge in [0.2, 0.25) is 0 Å². The number of ether oxygens (including phenoxy) is 1. The molecule has 0 spiro atoms. The Morgan fingerprint density at radius 1 is 1.26 bits per heavy atom. The molecule has 0 bridgehead atoms. The van der Waals surface area contributed by atoms with E-state index in [0.29, 0.717) is 18.7 Å². The first-order chi connectivity index (χ1) is 10.4. The van der Waals surface area contributed by atoms with Gasteiger partial charge in [-0.25, -0.2) is 4.79 Å². The number of rotatable bonds is 3. The molecule has 0 saturated carbocycles. The van der Waals surface area contributed by atoms with Crippen LogP contribution in [-0.2, 0) is 16.1 Å². The van der Waals surface area contributed by atoms with Crippen molar-refractivity contribution in [1.82, 2.24) is 0 Å². The summed E-state index contributed by atoms with van der Waals surface area (Å²) in [4.78, 5) is 10.4. The Labute approximate surface area is 144 Å². The smallest absolute Gasteiger partial charge is 0.333 e. The summed E-state index contributed by atoms with van der Waals surface area (Å²) in [5, 5.41) is 2.58. The minimum atomic E-state index is -0.312. The third-order valence-electron chi connectivity index (χ3n) is 3.53. The molecule has 3 nitrogen and oxygen atoms in total. The van der Waals surface area contributed by atoms with Crippen molar-refractivity contribution in [1.29, 1.82) is 0 Å². The number of nitrogens with two attached hydrogens (primary N) is 1. The van der Waals surface area contributed by atoms with Gasteiger partial charge in [0.1, 0.15) is 0 Å². The van der Waals surface area contributed by atoms with Crippen LogP contribution in [0.4, 0.5) is 0 Å². The van der Waals surface area contributed by atoms with E-state index in [4.69, 9.17) is 5.73 Å². The van der Waals surface area contributed by atoms with E-state index < -0.39 is 0 Å². The molecule has 0 fully saturated rings. The highest BCUT2D eigenvalue weighted by Gasteiger charge is 2.05. The second kappa shape index (κ2) is 10.0. The van der Waals surface area contributed by atoms with Gasteiger partial charge in [0.25, 0.3) is 0 Å². The zero-order chi connectivity index (χ0) is 16.7. The second-order valence-corrected chi connectivity index (χ2v) is 5.22. The molecule has 2 N–H and O–H groups in total. The van der Waals surface area contributed by atoms with Crippen LogP contribution in [0.1, 0.15) is 30.5 Å². The molecule has 0 aliphatic rings. The van der Waals surface area contributed by atoms with Gasteiger partial charge in [0, 0.05) is 12.1 Å². The summed E-state index contributed by atoms with van der Waals surface area (Å²) in [6.07, 6.45) is 0. The second-order valence-electron chi connectivity index (χ2n) is 5.22. The van der Waals surface area contributed by atoms with Crippen LogP contribution in [0.25, 0.3) is 10.8 Å². The van der Waals surface area contributed by atoms with Gasteiger partial charge in [0.05, 0.1) is 6.61 Å². The van der Waals surface area contributed by atoms with Gasteiger partial charge in [-0.3, -0.25) is 0 Å². The number of hydrogen-bond donors (Lipinski definition) is 1. The summed E-state index contributed by atoms with van der Waals surface area (Å²) in [5.74, 6) is -0.312. The maximum absolute atomic E-state index is 10.4. The summed E-state index contributed by atoms with van der Waals surface area (Å²) in [7, 11) is 0. The molecule has 0 amide bonds. The summed E-state index contributed by atoms with van der Waals surface area (Å²) < 4.78 is 4.56. The SMILES string of the molecule is C=C(C)C(=O)OCC.Cc1cc2ccccc2c(CN)c1C.Cl. The molecule has 0 heterocycles. The monoisotopic (exact) mass is 335 g/mol. The first-order valence-corrected chi connectivity index (χ1v) is 7.42. The number of esters is 1. The van der Waals surface area contributed by atoms with Crippen molar-refractivity contribution in [2.45, 2.75) is 34.2 Å². The normalized spacial score (nSPS) is 9.43. The molecule has 23 heavy (non-hydrogen) atoms. The van der Waals surface area contributed by atoms with Crippen molar-refractivity contribution in [2.24, 2.45) is 5.73 Å². The lowest BCUT2D eigenvalue weighted by Gasteiger charge is -2.11. The Hall–Kier alpha value is -1.84. The van der Waals surface area contributed by atoms with Crippen molar-refractivity contribution < 1.29 is 9.53 Å². The minimum Gasteiger partial charge on any atom is -0.463 e. The molecule has 2 aromatic rings. The van der Waals surface area contributed by atoms with Crippen LogP contribution >= 0.6 is 12.4 Å². The van der Waals surface area contributed by atoms with Crippen molar-refractivity contribution in [3.05, 3.63) is 59.2 Å². The Kier molecular flexibility index (Phi) is 9.23. The first kappa shape index (κ1) is 21.2. The summed E-state index contributed by atoms with van der Waals surface area (Å²) in [6, 6.07) is 10.6. The largest absolute Gasteiger partial charge is 0.463 e. The molecule has 0 unspecified atom stereocenters. The minimum absolute atomic E-state index is 0. The number of fused-ring (bicyclic) bond motifs is 1. The lowest BCUT2D eigenvalue weighted by atomic mass is 9.96. The molecule has 0 aliphatic heterocycles. The van der Waals surface area contributed by atoms with Crippen LogP contribution in [0.5, 0.6) is 0 Å². The van der Waals surface area contributed by atoms with E-state index in [1.165, 1.54) is 27.5 Å². The highest BCUT2D eigenvalue weighted by Crippen LogP contribution is 2.24. The maximum Gasteiger partial charge on any atom is 0.333 e. The Balaban J connectivity index is 0.000000469. The highest BCUT2D eigenvalue weighted by atomic mass is 35.5. The van der Waals surface area contributed by atoms with Crippen LogP contribution < -0.4 is 5.73 Å².